The highest BCUT2D eigenvalue weighted by atomic mass is 79.9. The number of primary sulfonamides is 1. The van der Waals surface area contributed by atoms with Gasteiger partial charge in [-0.2, -0.15) is 4.72 Å². The van der Waals surface area contributed by atoms with Crippen LogP contribution in [0.25, 0.3) is 0 Å². The van der Waals surface area contributed by atoms with E-state index >= 15 is 0 Å². The topological polar surface area (TPSA) is 135 Å². The molecule has 0 aliphatic carbocycles. The molecule has 11 heteroatoms. The number of anilines is 1. The van der Waals surface area contributed by atoms with Crippen molar-refractivity contribution in [3.05, 3.63) is 53.0 Å². The minimum absolute atomic E-state index is 0.0258. The van der Waals surface area contributed by atoms with Gasteiger partial charge in [0.05, 0.1) is 15.8 Å². The van der Waals surface area contributed by atoms with Gasteiger partial charge in [0.15, 0.2) is 0 Å². The molecule has 1 amide bonds. The second-order valence-electron chi connectivity index (χ2n) is 5.36. The lowest BCUT2D eigenvalue weighted by atomic mass is 10.3. The van der Waals surface area contributed by atoms with Gasteiger partial charge in [0.1, 0.15) is 0 Å². The standard InChI is InChI=1S/C15H16BrN3O5S2/c1-10(19-26(23,24)14-6-2-11(16)3-7-14)15(20)18-12-4-8-13(9-5-12)25(17,21)22/h2-10,19H,1H3,(H,18,20)(H2,17,21,22). The summed E-state index contributed by atoms with van der Waals surface area (Å²) >= 11 is 3.22. The number of amides is 1. The summed E-state index contributed by atoms with van der Waals surface area (Å²) in [6.07, 6.45) is 0. The quantitative estimate of drug-likeness (QED) is 0.597. The highest BCUT2D eigenvalue weighted by Crippen LogP contribution is 2.16. The maximum Gasteiger partial charge on any atom is 0.242 e. The van der Waals surface area contributed by atoms with E-state index < -0.39 is 32.0 Å². The zero-order chi connectivity index (χ0) is 19.5. The van der Waals surface area contributed by atoms with Crippen molar-refractivity contribution in [3.8, 4) is 0 Å². The molecular formula is C15H16BrN3O5S2. The molecule has 0 saturated carbocycles. The molecule has 0 fully saturated rings. The van der Waals surface area contributed by atoms with Gasteiger partial charge in [-0.25, -0.2) is 22.0 Å². The Hall–Kier alpha value is -1.79. The first-order valence-electron chi connectivity index (χ1n) is 7.21. The zero-order valence-corrected chi connectivity index (χ0v) is 16.7. The molecule has 0 bridgehead atoms. The molecule has 0 spiro atoms. The first kappa shape index (κ1) is 20.5. The van der Waals surface area contributed by atoms with Crippen molar-refractivity contribution >= 4 is 47.6 Å². The summed E-state index contributed by atoms with van der Waals surface area (Å²) < 4.78 is 50.0. The molecule has 0 aliphatic heterocycles. The lowest BCUT2D eigenvalue weighted by Crippen LogP contribution is -2.41. The number of nitrogens with one attached hydrogen (secondary N) is 2. The summed E-state index contributed by atoms with van der Waals surface area (Å²) in [4.78, 5) is 12.1. The predicted octanol–water partition coefficient (Wildman–Crippen LogP) is 1.40. The van der Waals surface area contributed by atoms with Crippen LogP contribution in [-0.4, -0.2) is 28.8 Å². The van der Waals surface area contributed by atoms with E-state index in [9.17, 15) is 21.6 Å². The van der Waals surface area contributed by atoms with Crippen LogP contribution in [0.4, 0.5) is 5.69 Å². The maximum absolute atomic E-state index is 12.3. The minimum atomic E-state index is -3.87. The number of sulfonamides is 2. The Morgan fingerprint density at radius 1 is 0.962 bits per heavy atom. The smallest absolute Gasteiger partial charge is 0.242 e. The fourth-order valence-electron chi connectivity index (χ4n) is 1.95. The molecule has 2 aromatic rings. The summed E-state index contributed by atoms with van der Waals surface area (Å²) in [6, 6.07) is 10.1. The van der Waals surface area contributed by atoms with Crippen molar-refractivity contribution in [2.75, 3.05) is 5.32 Å². The second kappa shape index (κ2) is 7.84. The Morgan fingerprint density at radius 2 is 1.46 bits per heavy atom. The summed E-state index contributed by atoms with van der Waals surface area (Å²) in [5.41, 5.74) is 0.303. The van der Waals surface area contributed by atoms with Crippen LogP contribution in [0.3, 0.4) is 0 Å². The summed E-state index contributed by atoms with van der Waals surface area (Å²) in [7, 11) is -7.70. The van der Waals surface area contributed by atoms with E-state index in [0.29, 0.717) is 5.69 Å². The number of hydrogen-bond acceptors (Lipinski definition) is 5. The Bertz CT molecular complexity index is 1000. The van der Waals surface area contributed by atoms with Gasteiger partial charge in [-0.05, 0) is 55.5 Å². The molecule has 26 heavy (non-hydrogen) atoms. The van der Waals surface area contributed by atoms with Crippen LogP contribution < -0.4 is 15.2 Å². The van der Waals surface area contributed by atoms with Crippen LogP contribution in [0, 0.1) is 0 Å². The lowest BCUT2D eigenvalue weighted by Gasteiger charge is -2.14. The normalized spacial score (nSPS) is 13.2. The third-order valence-electron chi connectivity index (χ3n) is 3.30. The summed E-state index contributed by atoms with van der Waals surface area (Å²) in [6.45, 7) is 1.39. The average Bonchev–Trinajstić information content (AvgIpc) is 2.54. The third-order valence-corrected chi connectivity index (χ3v) is 6.31. The van der Waals surface area contributed by atoms with E-state index in [0.717, 1.165) is 4.47 Å². The van der Waals surface area contributed by atoms with Gasteiger partial charge >= 0.3 is 0 Å². The van der Waals surface area contributed by atoms with E-state index in [-0.39, 0.29) is 9.79 Å². The van der Waals surface area contributed by atoms with Crippen molar-refractivity contribution in [1.82, 2.24) is 4.72 Å². The van der Waals surface area contributed by atoms with Crippen molar-refractivity contribution in [3.63, 3.8) is 0 Å². The van der Waals surface area contributed by atoms with Gasteiger partial charge in [-0.15, -0.1) is 0 Å². The van der Waals surface area contributed by atoms with Gasteiger partial charge < -0.3 is 5.32 Å². The molecule has 0 aliphatic rings. The minimum Gasteiger partial charge on any atom is -0.325 e. The van der Waals surface area contributed by atoms with Gasteiger partial charge in [0, 0.05) is 10.2 Å². The molecule has 0 aromatic heterocycles. The number of carbonyl (C=O) groups excluding carboxylic acids is 1. The fraction of sp³-hybridized carbons (Fsp3) is 0.133. The second-order valence-corrected chi connectivity index (χ2v) is 9.55. The van der Waals surface area contributed by atoms with E-state index in [4.69, 9.17) is 5.14 Å². The predicted molar refractivity (Wildman–Crippen MR) is 100 cm³/mol. The van der Waals surface area contributed by atoms with E-state index in [1.165, 1.54) is 43.3 Å². The van der Waals surface area contributed by atoms with Crippen molar-refractivity contribution in [2.24, 2.45) is 5.14 Å². The van der Waals surface area contributed by atoms with Gasteiger partial charge in [-0.1, -0.05) is 15.9 Å². The molecule has 4 N–H and O–H groups in total. The number of hydrogen-bond donors (Lipinski definition) is 3. The number of nitrogens with two attached hydrogens (primary N) is 1. The summed E-state index contributed by atoms with van der Waals surface area (Å²) in [5, 5.41) is 7.49. The first-order chi connectivity index (χ1) is 12.0. The number of rotatable bonds is 6. The van der Waals surface area contributed by atoms with Gasteiger partial charge in [-0.3, -0.25) is 4.79 Å². The number of carbonyl (C=O) groups is 1. The monoisotopic (exact) mass is 461 g/mol. The maximum atomic E-state index is 12.3. The lowest BCUT2D eigenvalue weighted by molar-refractivity contribution is -0.117. The van der Waals surface area contributed by atoms with Crippen LogP contribution >= 0.6 is 15.9 Å². The number of halogens is 1. The fourth-order valence-corrected chi connectivity index (χ4v) is 3.93. The molecule has 0 heterocycles. The molecule has 0 saturated heterocycles. The van der Waals surface area contributed by atoms with Crippen LogP contribution in [0.1, 0.15) is 6.92 Å². The largest absolute Gasteiger partial charge is 0.325 e. The van der Waals surface area contributed by atoms with Crippen molar-refractivity contribution < 1.29 is 21.6 Å². The molecular weight excluding hydrogens is 446 g/mol. The highest BCUT2D eigenvalue weighted by molar-refractivity contribution is 9.10. The van der Waals surface area contributed by atoms with Crippen molar-refractivity contribution in [2.45, 2.75) is 22.8 Å². The van der Waals surface area contributed by atoms with Gasteiger partial charge in [0.2, 0.25) is 26.0 Å². The Labute approximate surface area is 160 Å². The Kier molecular flexibility index (Phi) is 6.19. The van der Waals surface area contributed by atoms with E-state index in [2.05, 4.69) is 26.0 Å². The Balaban J connectivity index is 2.06. The molecule has 1 unspecified atom stereocenters. The Morgan fingerprint density at radius 3 is 1.96 bits per heavy atom. The molecule has 140 valence electrons. The van der Waals surface area contributed by atoms with Crippen LogP contribution in [-0.2, 0) is 24.8 Å². The van der Waals surface area contributed by atoms with E-state index in [1.807, 2.05) is 0 Å². The molecule has 1 atom stereocenters. The number of benzene rings is 2. The summed E-state index contributed by atoms with van der Waals surface area (Å²) in [5.74, 6) is -0.603. The van der Waals surface area contributed by atoms with Crippen LogP contribution in [0.15, 0.2) is 62.8 Å². The first-order valence-corrected chi connectivity index (χ1v) is 11.0. The average molecular weight is 462 g/mol. The highest BCUT2D eigenvalue weighted by Gasteiger charge is 2.22. The molecule has 2 aromatic carbocycles. The van der Waals surface area contributed by atoms with Gasteiger partial charge in [0.25, 0.3) is 0 Å². The molecule has 0 radical (unpaired) electrons. The molecule has 8 nitrogen and oxygen atoms in total. The SMILES string of the molecule is CC(NS(=O)(=O)c1ccc(Br)cc1)C(=O)Nc1ccc(S(N)(=O)=O)cc1. The van der Waals surface area contributed by atoms with E-state index in [1.54, 1.807) is 12.1 Å². The van der Waals surface area contributed by atoms with Crippen molar-refractivity contribution in [1.29, 1.82) is 0 Å². The third kappa shape index (κ3) is 5.35. The zero-order valence-electron chi connectivity index (χ0n) is 13.5. The van der Waals surface area contributed by atoms with Crippen LogP contribution in [0.2, 0.25) is 0 Å². The molecule has 2 rings (SSSR count). The van der Waals surface area contributed by atoms with Crippen LogP contribution in [0.5, 0.6) is 0 Å².